The quantitative estimate of drug-likeness (QED) is 0.221. The van der Waals surface area contributed by atoms with Gasteiger partial charge in [-0.15, -0.1) is 0 Å². The van der Waals surface area contributed by atoms with Crippen molar-refractivity contribution >= 4 is 5.91 Å². The number of hydrogen-bond acceptors (Lipinski definition) is 6. The normalized spacial score (nSPS) is 11.1. The maximum Gasteiger partial charge on any atom is 0.220 e. The van der Waals surface area contributed by atoms with Crippen LogP contribution in [0.5, 0.6) is 0 Å². The third-order valence-electron chi connectivity index (χ3n) is 4.52. The number of ether oxygens (including phenoxy) is 5. The van der Waals surface area contributed by atoms with E-state index < -0.39 is 0 Å². The largest absolute Gasteiger partial charge is 0.379 e. The molecule has 7 heteroatoms. The minimum absolute atomic E-state index is 0.125. The number of carbonyl (C=O) groups is 1. The fourth-order valence-corrected chi connectivity index (χ4v) is 2.79. The van der Waals surface area contributed by atoms with E-state index >= 15 is 0 Å². The second kappa shape index (κ2) is 26.3. The Hall–Kier alpha value is -0.730. The van der Waals surface area contributed by atoms with Crippen LogP contribution in [0.15, 0.2) is 0 Å². The number of carbonyl (C=O) groups excluding carboxylic acids is 1. The molecule has 0 spiro atoms. The van der Waals surface area contributed by atoms with Crippen LogP contribution in [-0.4, -0.2) is 78.5 Å². The number of rotatable bonds is 25. The fourth-order valence-electron chi connectivity index (χ4n) is 2.79. The van der Waals surface area contributed by atoms with Crippen molar-refractivity contribution in [3.8, 4) is 0 Å². The Bertz CT molecular complexity index is 344. The van der Waals surface area contributed by atoms with E-state index in [2.05, 4.69) is 12.2 Å². The van der Waals surface area contributed by atoms with Crippen LogP contribution in [0.1, 0.15) is 71.6 Å². The predicted molar refractivity (Wildman–Crippen MR) is 120 cm³/mol. The van der Waals surface area contributed by atoms with E-state index in [1.165, 1.54) is 38.5 Å². The molecule has 0 radical (unpaired) electrons. The maximum absolute atomic E-state index is 11.7. The summed E-state index contributed by atoms with van der Waals surface area (Å²) < 4.78 is 26.8. The lowest BCUT2D eigenvalue weighted by Crippen LogP contribution is -2.27. The first-order valence-corrected chi connectivity index (χ1v) is 12.0. The van der Waals surface area contributed by atoms with Crippen LogP contribution in [0.3, 0.4) is 0 Å². The van der Waals surface area contributed by atoms with Gasteiger partial charge in [-0.25, -0.2) is 0 Å². The van der Waals surface area contributed by atoms with Crippen molar-refractivity contribution in [3.63, 3.8) is 0 Å². The van der Waals surface area contributed by atoms with E-state index in [0.29, 0.717) is 72.4 Å². The second-order valence-electron chi connectivity index (χ2n) is 7.22. The lowest BCUT2D eigenvalue weighted by atomic mass is 10.1. The van der Waals surface area contributed by atoms with Gasteiger partial charge >= 0.3 is 0 Å². The summed E-state index contributed by atoms with van der Waals surface area (Å²) in [4.78, 5) is 11.7. The predicted octanol–water partition coefficient (Wildman–Crippen LogP) is 3.74. The molecule has 0 fully saturated rings. The van der Waals surface area contributed by atoms with Gasteiger partial charge in [-0.3, -0.25) is 4.79 Å². The van der Waals surface area contributed by atoms with Crippen molar-refractivity contribution < 1.29 is 28.5 Å². The summed E-state index contributed by atoms with van der Waals surface area (Å²) in [5.41, 5.74) is 0. The molecule has 180 valence electrons. The maximum atomic E-state index is 11.7. The van der Waals surface area contributed by atoms with Crippen LogP contribution in [0.4, 0.5) is 0 Å². The van der Waals surface area contributed by atoms with Crippen molar-refractivity contribution in [1.82, 2.24) is 5.32 Å². The number of unbranched alkanes of at least 4 members (excludes halogenated alkanes) is 7. The summed E-state index contributed by atoms with van der Waals surface area (Å²) in [6.07, 6.45) is 10.6. The smallest absolute Gasteiger partial charge is 0.220 e. The number of hydrogen-bond donors (Lipinski definition) is 1. The average molecular weight is 434 g/mol. The molecule has 0 aliphatic carbocycles. The topological polar surface area (TPSA) is 75.3 Å². The molecular weight excluding hydrogens is 386 g/mol. The molecule has 1 N–H and O–H groups in total. The molecule has 0 heterocycles. The highest BCUT2D eigenvalue weighted by Crippen LogP contribution is 2.09. The van der Waals surface area contributed by atoms with E-state index in [-0.39, 0.29) is 5.91 Å². The molecular formula is C23H47NO6. The summed E-state index contributed by atoms with van der Waals surface area (Å²) in [6, 6.07) is 0. The summed E-state index contributed by atoms with van der Waals surface area (Å²) >= 11 is 0. The van der Waals surface area contributed by atoms with Gasteiger partial charge in [0.25, 0.3) is 0 Å². The minimum atomic E-state index is 0.125. The molecule has 0 aliphatic heterocycles. The highest BCUT2D eigenvalue weighted by atomic mass is 16.6. The van der Waals surface area contributed by atoms with Gasteiger partial charge < -0.3 is 29.0 Å². The van der Waals surface area contributed by atoms with Gasteiger partial charge in [-0.05, 0) is 13.3 Å². The Morgan fingerprint density at radius 3 is 1.50 bits per heavy atom. The van der Waals surface area contributed by atoms with Crippen LogP contribution in [0.2, 0.25) is 0 Å². The molecule has 0 aromatic rings. The van der Waals surface area contributed by atoms with Crippen LogP contribution >= 0.6 is 0 Å². The first kappa shape index (κ1) is 29.3. The van der Waals surface area contributed by atoms with Crippen LogP contribution in [-0.2, 0) is 28.5 Å². The zero-order valence-corrected chi connectivity index (χ0v) is 19.6. The zero-order chi connectivity index (χ0) is 22.0. The Balaban J connectivity index is 3.12. The third-order valence-corrected chi connectivity index (χ3v) is 4.52. The first-order chi connectivity index (χ1) is 14.8. The molecule has 0 unspecified atom stereocenters. The van der Waals surface area contributed by atoms with E-state index in [4.69, 9.17) is 23.7 Å². The molecule has 7 nitrogen and oxygen atoms in total. The molecule has 0 saturated carbocycles. The van der Waals surface area contributed by atoms with Crippen molar-refractivity contribution in [2.75, 3.05) is 72.6 Å². The molecule has 0 saturated heterocycles. The Morgan fingerprint density at radius 2 is 1.00 bits per heavy atom. The molecule has 0 aromatic heterocycles. The van der Waals surface area contributed by atoms with Gasteiger partial charge in [-0.1, -0.05) is 51.9 Å². The van der Waals surface area contributed by atoms with Crippen LogP contribution in [0, 0.1) is 0 Å². The lowest BCUT2D eigenvalue weighted by Gasteiger charge is -2.08. The highest BCUT2D eigenvalue weighted by Gasteiger charge is 2.00. The molecule has 0 aliphatic rings. The van der Waals surface area contributed by atoms with E-state index in [9.17, 15) is 4.79 Å². The molecule has 0 rings (SSSR count). The molecule has 0 atom stereocenters. The molecule has 0 aromatic carbocycles. The highest BCUT2D eigenvalue weighted by molar-refractivity contribution is 5.75. The van der Waals surface area contributed by atoms with E-state index in [1.807, 2.05) is 6.92 Å². The standard InChI is InChI=1S/C23H47NO6/c1-3-5-6-7-8-9-10-11-12-23(25)24-13-14-27-17-18-29-21-22-30-20-19-28-16-15-26-4-2/h3-22H2,1-2H3,(H,24,25). The van der Waals surface area contributed by atoms with Gasteiger partial charge in [0.1, 0.15) is 0 Å². The number of amides is 1. The summed E-state index contributed by atoms with van der Waals surface area (Å²) in [5.74, 6) is 0.125. The SMILES string of the molecule is CCCCCCCCCCC(=O)NCCOCCOCCOCCOCCOCC. The van der Waals surface area contributed by atoms with Crippen molar-refractivity contribution in [1.29, 1.82) is 0 Å². The molecule has 0 bridgehead atoms. The van der Waals surface area contributed by atoms with Crippen LogP contribution in [0.25, 0.3) is 0 Å². The summed E-state index contributed by atoms with van der Waals surface area (Å²) in [5, 5.41) is 2.90. The van der Waals surface area contributed by atoms with Crippen LogP contribution < -0.4 is 5.32 Å². The van der Waals surface area contributed by atoms with Gasteiger partial charge in [-0.2, -0.15) is 0 Å². The number of nitrogens with one attached hydrogen (secondary N) is 1. The lowest BCUT2D eigenvalue weighted by molar-refractivity contribution is -0.121. The fraction of sp³-hybridized carbons (Fsp3) is 0.957. The van der Waals surface area contributed by atoms with Crippen molar-refractivity contribution in [2.24, 2.45) is 0 Å². The minimum Gasteiger partial charge on any atom is -0.379 e. The van der Waals surface area contributed by atoms with Crippen molar-refractivity contribution in [3.05, 3.63) is 0 Å². The van der Waals surface area contributed by atoms with Crippen molar-refractivity contribution in [2.45, 2.75) is 71.6 Å². The average Bonchev–Trinajstić information content (AvgIpc) is 2.75. The zero-order valence-electron chi connectivity index (χ0n) is 19.6. The Labute approximate surface area is 184 Å². The van der Waals surface area contributed by atoms with Gasteiger partial charge in [0.2, 0.25) is 5.91 Å². The summed E-state index contributed by atoms with van der Waals surface area (Å²) in [6.45, 7) is 10.5. The van der Waals surface area contributed by atoms with E-state index in [0.717, 1.165) is 19.4 Å². The van der Waals surface area contributed by atoms with E-state index in [1.54, 1.807) is 0 Å². The van der Waals surface area contributed by atoms with Gasteiger partial charge in [0.15, 0.2) is 0 Å². The second-order valence-corrected chi connectivity index (χ2v) is 7.22. The molecule has 30 heavy (non-hydrogen) atoms. The molecule has 1 amide bonds. The third kappa shape index (κ3) is 25.3. The van der Waals surface area contributed by atoms with Gasteiger partial charge in [0, 0.05) is 19.6 Å². The summed E-state index contributed by atoms with van der Waals surface area (Å²) in [7, 11) is 0. The first-order valence-electron chi connectivity index (χ1n) is 12.0. The Kier molecular flexibility index (Phi) is 25.7. The Morgan fingerprint density at radius 1 is 0.567 bits per heavy atom. The monoisotopic (exact) mass is 433 g/mol. The van der Waals surface area contributed by atoms with Gasteiger partial charge in [0.05, 0.1) is 59.5 Å².